The summed E-state index contributed by atoms with van der Waals surface area (Å²) in [6.07, 6.45) is 2.63. The molecule has 0 atom stereocenters. The quantitative estimate of drug-likeness (QED) is 0.837. The number of hydrogen-bond acceptors (Lipinski definition) is 3. The van der Waals surface area contributed by atoms with E-state index in [2.05, 4.69) is 16.7 Å². The lowest BCUT2D eigenvalue weighted by Gasteiger charge is -2.15. The smallest absolute Gasteiger partial charge is 0.119 e. The summed E-state index contributed by atoms with van der Waals surface area (Å²) in [6.45, 7) is 6.06. The average molecular weight is 259 g/mol. The van der Waals surface area contributed by atoms with Gasteiger partial charge in [0.15, 0.2) is 0 Å². The van der Waals surface area contributed by atoms with Gasteiger partial charge in [-0.15, -0.1) is 0 Å². The van der Waals surface area contributed by atoms with Gasteiger partial charge in [0.1, 0.15) is 19.0 Å². The Kier molecular flexibility index (Phi) is 5.26. The van der Waals surface area contributed by atoms with E-state index in [-0.39, 0.29) is 6.61 Å². The van der Waals surface area contributed by atoms with Crippen molar-refractivity contribution in [2.24, 2.45) is 0 Å². The molecule has 1 N–H and O–H groups in total. The predicted octanol–water partition coefficient (Wildman–Crippen LogP) is 1.81. The number of aryl methyl sites for hydroxylation is 1. The molecule has 1 aliphatic rings. The van der Waals surface area contributed by atoms with E-state index >= 15 is 0 Å². The molecule has 1 aromatic carbocycles. The van der Waals surface area contributed by atoms with E-state index in [9.17, 15) is 0 Å². The summed E-state index contributed by atoms with van der Waals surface area (Å²) in [4.78, 5) is 2.44. The summed E-state index contributed by atoms with van der Waals surface area (Å²) in [5, 5.41) is 8.69. The minimum Gasteiger partial charge on any atom is -0.492 e. The molecule has 3 heteroatoms. The van der Waals surface area contributed by atoms with Gasteiger partial charge in [0.05, 0.1) is 0 Å². The van der Waals surface area contributed by atoms with Crippen LogP contribution in [0.25, 0.3) is 0 Å². The number of nitrogens with zero attached hydrogens (tertiary/aromatic N) is 1. The van der Waals surface area contributed by atoms with Gasteiger partial charge in [0.2, 0.25) is 0 Å². The minimum absolute atomic E-state index is 0.104. The fourth-order valence-corrected chi connectivity index (χ4v) is 2.30. The van der Waals surface area contributed by atoms with Crippen LogP contribution in [0.4, 0.5) is 0 Å². The van der Waals surface area contributed by atoms with E-state index in [0.717, 1.165) is 30.0 Å². The van der Waals surface area contributed by atoms with Gasteiger partial charge in [0.25, 0.3) is 0 Å². The van der Waals surface area contributed by atoms with Crippen molar-refractivity contribution in [2.75, 3.05) is 32.8 Å². The fourth-order valence-electron chi connectivity index (χ4n) is 2.30. The van der Waals surface area contributed by atoms with Gasteiger partial charge in [-0.2, -0.15) is 0 Å². The molecule has 102 valence electrons. The van der Waals surface area contributed by atoms with Gasteiger partial charge in [-0.1, -0.05) is 11.8 Å². The lowest BCUT2D eigenvalue weighted by molar-refractivity contribution is 0.237. The van der Waals surface area contributed by atoms with Crippen LogP contribution < -0.4 is 4.74 Å². The molecule has 1 heterocycles. The number of aliphatic hydroxyl groups is 1. The van der Waals surface area contributed by atoms with Crippen LogP contribution in [0.3, 0.4) is 0 Å². The Morgan fingerprint density at radius 3 is 2.79 bits per heavy atom. The van der Waals surface area contributed by atoms with Crippen LogP contribution in [0.15, 0.2) is 18.2 Å². The SMILES string of the molecule is Cc1cc(OCCN2CCCC2)ccc1C#CCO. The Labute approximate surface area is 115 Å². The second-order valence-electron chi connectivity index (χ2n) is 4.83. The van der Waals surface area contributed by atoms with E-state index in [1.54, 1.807) is 0 Å². The maximum absolute atomic E-state index is 8.69. The summed E-state index contributed by atoms with van der Waals surface area (Å²) < 4.78 is 5.77. The first-order chi connectivity index (χ1) is 9.29. The van der Waals surface area contributed by atoms with Crippen molar-refractivity contribution in [3.8, 4) is 17.6 Å². The van der Waals surface area contributed by atoms with Crippen molar-refractivity contribution in [1.29, 1.82) is 0 Å². The first kappa shape index (κ1) is 13.9. The monoisotopic (exact) mass is 259 g/mol. The van der Waals surface area contributed by atoms with Gasteiger partial charge in [-0.25, -0.2) is 0 Å². The zero-order valence-electron chi connectivity index (χ0n) is 11.5. The molecule has 0 saturated carbocycles. The molecule has 0 radical (unpaired) electrons. The molecule has 0 amide bonds. The van der Waals surface area contributed by atoms with E-state index in [1.807, 2.05) is 25.1 Å². The average Bonchev–Trinajstić information content (AvgIpc) is 2.91. The highest BCUT2D eigenvalue weighted by Gasteiger charge is 2.10. The summed E-state index contributed by atoms with van der Waals surface area (Å²) >= 11 is 0. The molecule has 0 aromatic heterocycles. The molecule has 0 aliphatic carbocycles. The van der Waals surface area contributed by atoms with Crippen LogP contribution in [-0.4, -0.2) is 42.9 Å². The Bertz CT molecular complexity index is 467. The Morgan fingerprint density at radius 2 is 2.11 bits per heavy atom. The third-order valence-corrected chi connectivity index (χ3v) is 3.37. The van der Waals surface area contributed by atoms with E-state index in [4.69, 9.17) is 9.84 Å². The zero-order valence-corrected chi connectivity index (χ0v) is 11.5. The third kappa shape index (κ3) is 4.27. The van der Waals surface area contributed by atoms with Gasteiger partial charge in [-0.3, -0.25) is 4.90 Å². The summed E-state index contributed by atoms with van der Waals surface area (Å²) in [6, 6.07) is 5.90. The van der Waals surface area contributed by atoms with E-state index in [1.165, 1.54) is 25.9 Å². The number of aliphatic hydroxyl groups excluding tert-OH is 1. The number of rotatable bonds is 4. The molecule has 1 aliphatic heterocycles. The van der Waals surface area contributed by atoms with Gasteiger partial charge in [0, 0.05) is 12.1 Å². The molecule has 3 nitrogen and oxygen atoms in total. The zero-order chi connectivity index (χ0) is 13.5. The molecule has 0 spiro atoms. The second kappa shape index (κ2) is 7.18. The first-order valence-electron chi connectivity index (χ1n) is 6.85. The standard InChI is InChI=1S/C16H21NO2/c1-14-13-16(7-6-15(14)5-4-11-18)19-12-10-17-8-2-3-9-17/h6-7,13,18H,2-3,8-12H2,1H3. The van der Waals surface area contributed by atoms with Gasteiger partial charge in [-0.05, 0) is 56.6 Å². The van der Waals surface area contributed by atoms with Crippen LogP contribution in [0.5, 0.6) is 5.75 Å². The highest BCUT2D eigenvalue weighted by molar-refractivity contribution is 5.44. The molecule has 1 fully saturated rings. The molecule has 1 saturated heterocycles. The molecule has 19 heavy (non-hydrogen) atoms. The number of benzene rings is 1. The third-order valence-electron chi connectivity index (χ3n) is 3.37. The van der Waals surface area contributed by atoms with Crippen molar-refractivity contribution in [3.05, 3.63) is 29.3 Å². The summed E-state index contributed by atoms with van der Waals surface area (Å²) in [7, 11) is 0. The Balaban J connectivity index is 1.85. The molecule has 1 aromatic rings. The number of likely N-dealkylation sites (tertiary alicyclic amines) is 1. The van der Waals surface area contributed by atoms with Crippen molar-refractivity contribution in [2.45, 2.75) is 19.8 Å². The van der Waals surface area contributed by atoms with Crippen molar-refractivity contribution in [3.63, 3.8) is 0 Å². The second-order valence-corrected chi connectivity index (χ2v) is 4.83. The molecule has 2 rings (SSSR count). The highest BCUT2D eigenvalue weighted by Crippen LogP contribution is 2.17. The van der Waals surface area contributed by atoms with Crippen molar-refractivity contribution >= 4 is 0 Å². The highest BCUT2D eigenvalue weighted by atomic mass is 16.5. The lowest BCUT2D eigenvalue weighted by atomic mass is 10.1. The van der Waals surface area contributed by atoms with Gasteiger partial charge >= 0.3 is 0 Å². The van der Waals surface area contributed by atoms with Crippen LogP contribution in [0.1, 0.15) is 24.0 Å². The van der Waals surface area contributed by atoms with Crippen LogP contribution in [0.2, 0.25) is 0 Å². The molecular weight excluding hydrogens is 238 g/mol. The normalized spacial score (nSPS) is 15.1. The minimum atomic E-state index is -0.104. The molecule has 0 bridgehead atoms. The van der Waals surface area contributed by atoms with Crippen LogP contribution >= 0.6 is 0 Å². The molecule has 0 unspecified atom stereocenters. The van der Waals surface area contributed by atoms with E-state index in [0.29, 0.717) is 0 Å². The largest absolute Gasteiger partial charge is 0.492 e. The number of ether oxygens (including phenoxy) is 1. The van der Waals surface area contributed by atoms with E-state index < -0.39 is 0 Å². The lowest BCUT2D eigenvalue weighted by Crippen LogP contribution is -2.25. The Hall–Kier alpha value is -1.50. The van der Waals surface area contributed by atoms with Crippen molar-refractivity contribution < 1.29 is 9.84 Å². The summed E-state index contributed by atoms with van der Waals surface area (Å²) in [5.74, 6) is 6.48. The maximum atomic E-state index is 8.69. The summed E-state index contributed by atoms with van der Waals surface area (Å²) in [5.41, 5.74) is 2.03. The van der Waals surface area contributed by atoms with Crippen molar-refractivity contribution in [1.82, 2.24) is 4.90 Å². The molecular formula is C16H21NO2. The maximum Gasteiger partial charge on any atom is 0.119 e. The number of hydrogen-bond donors (Lipinski definition) is 1. The van der Waals surface area contributed by atoms with Crippen LogP contribution in [0, 0.1) is 18.8 Å². The topological polar surface area (TPSA) is 32.7 Å². The predicted molar refractivity (Wildman–Crippen MR) is 76.3 cm³/mol. The van der Waals surface area contributed by atoms with Crippen LogP contribution in [-0.2, 0) is 0 Å². The fraction of sp³-hybridized carbons (Fsp3) is 0.500. The van der Waals surface area contributed by atoms with Gasteiger partial charge < -0.3 is 9.84 Å². The Morgan fingerprint density at radius 1 is 1.32 bits per heavy atom. The first-order valence-corrected chi connectivity index (χ1v) is 6.85.